The number of rotatable bonds is 4. The summed E-state index contributed by atoms with van der Waals surface area (Å²) in [7, 11) is 0. The van der Waals surface area contributed by atoms with Crippen LogP contribution in [0.15, 0.2) is 57.9 Å². The molecule has 1 aromatic heterocycles. The number of amides is 1. The van der Waals surface area contributed by atoms with Crippen LogP contribution in [0.25, 0.3) is 11.4 Å². The Labute approximate surface area is 197 Å². The molecule has 172 valence electrons. The number of thioether (sulfide) groups is 1. The summed E-state index contributed by atoms with van der Waals surface area (Å²) in [6.07, 6.45) is 2.85. The number of nitrogens with zero attached hydrogens (tertiary/aromatic N) is 4. The van der Waals surface area contributed by atoms with Crippen molar-refractivity contribution < 1.29 is 13.7 Å². The van der Waals surface area contributed by atoms with Gasteiger partial charge in [-0.3, -0.25) is 9.69 Å². The third kappa shape index (κ3) is 4.96. The Kier molecular flexibility index (Phi) is 6.46. The standard InChI is InChI=1S/C25H27FN4O2S/c1-17-11-13-30(21-9-2-3-10-22(21)33-17)23(31)16-29-12-5-7-19(15-29)25-27-24(28-32-25)18-6-4-8-20(26)14-18/h2-4,6,8-10,14,17,19H,5,7,11-13,15-16H2,1H3. The van der Waals surface area contributed by atoms with Gasteiger partial charge in [0.2, 0.25) is 17.6 Å². The first-order chi connectivity index (χ1) is 16.1. The van der Waals surface area contributed by atoms with Crippen molar-refractivity contribution in [3.05, 3.63) is 60.2 Å². The Hall–Kier alpha value is -2.71. The molecule has 2 aliphatic rings. The largest absolute Gasteiger partial charge is 0.339 e. The van der Waals surface area contributed by atoms with Gasteiger partial charge in [0.05, 0.1) is 18.2 Å². The van der Waals surface area contributed by atoms with Gasteiger partial charge in [-0.25, -0.2) is 4.39 Å². The van der Waals surface area contributed by atoms with Crippen LogP contribution in [-0.2, 0) is 4.79 Å². The quantitative estimate of drug-likeness (QED) is 0.541. The van der Waals surface area contributed by atoms with Crippen molar-refractivity contribution in [1.82, 2.24) is 15.0 Å². The molecular formula is C25H27FN4O2S. The molecule has 1 fully saturated rings. The molecule has 0 spiro atoms. The zero-order valence-corrected chi connectivity index (χ0v) is 19.4. The molecule has 3 aromatic rings. The van der Waals surface area contributed by atoms with Crippen molar-refractivity contribution in [2.75, 3.05) is 31.1 Å². The van der Waals surface area contributed by atoms with E-state index >= 15 is 0 Å². The summed E-state index contributed by atoms with van der Waals surface area (Å²) in [6, 6.07) is 14.4. The number of anilines is 1. The molecule has 2 aliphatic heterocycles. The van der Waals surface area contributed by atoms with E-state index in [2.05, 4.69) is 28.0 Å². The van der Waals surface area contributed by atoms with Gasteiger partial charge < -0.3 is 9.42 Å². The maximum Gasteiger partial charge on any atom is 0.241 e. The minimum Gasteiger partial charge on any atom is -0.339 e. The Morgan fingerprint density at radius 2 is 2.06 bits per heavy atom. The van der Waals surface area contributed by atoms with Gasteiger partial charge >= 0.3 is 0 Å². The van der Waals surface area contributed by atoms with Gasteiger partial charge in [-0.05, 0) is 50.1 Å². The lowest BCUT2D eigenvalue weighted by atomic mass is 9.98. The second-order valence-corrected chi connectivity index (χ2v) is 10.3. The van der Waals surface area contributed by atoms with Gasteiger partial charge in [0.15, 0.2) is 0 Å². The molecule has 2 aromatic carbocycles. The molecule has 2 atom stereocenters. The molecule has 33 heavy (non-hydrogen) atoms. The van der Waals surface area contributed by atoms with E-state index in [-0.39, 0.29) is 17.6 Å². The summed E-state index contributed by atoms with van der Waals surface area (Å²) in [6.45, 7) is 4.88. The number of piperidine rings is 1. The van der Waals surface area contributed by atoms with E-state index in [0.717, 1.165) is 38.0 Å². The van der Waals surface area contributed by atoms with Crippen molar-refractivity contribution in [2.45, 2.75) is 42.2 Å². The number of carbonyl (C=O) groups excluding carboxylic acids is 1. The fraction of sp³-hybridized carbons (Fsp3) is 0.400. The van der Waals surface area contributed by atoms with Gasteiger partial charge in [-0.1, -0.05) is 36.3 Å². The highest BCUT2D eigenvalue weighted by atomic mass is 32.2. The normalized spacial score (nSPS) is 21.5. The van der Waals surface area contributed by atoms with Crippen LogP contribution in [-0.4, -0.2) is 52.4 Å². The molecule has 3 heterocycles. The molecule has 1 saturated heterocycles. The third-order valence-electron chi connectivity index (χ3n) is 6.28. The number of benzene rings is 2. The number of carbonyl (C=O) groups is 1. The summed E-state index contributed by atoms with van der Waals surface area (Å²) in [5, 5.41) is 4.54. The lowest BCUT2D eigenvalue weighted by Gasteiger charge is -2.32. The molecule has 0 aliphatic carbocycles. The van der Waals surface area contributed by atoms with E-state index < -0.39 is 0 Å². The number of aromatic nitrogens is 2. The Balaban J connectivity index is 1.27. The summed E-state index contributed by atoms with van der Waals surface area (Å²) in [5.74, 6) is 0.809. The van der Waals surface area contributed by atoms with Gasteiger partial charge in [-0.15, -0.1) is 11.8 Å². The maximum atomic E-state index is 13.5. The fourth-order valence-electron chi connectivity index (χ4n) is 4.57. The van der Waals surface area contributed by atoms with Gasteiger partial charge in [0.1, 0.15) is 5.82 Å². The smallest absolute Gasteiger partial charge is 0.241 e. The van der Waals surface area contributed by atoms with Crippen LogP contribution >= 0.6 is 11.8 Å². The van der Waals surface area contributed by atoms with Crippen molar-refractivity contribution in [3.8, 4) is 11.4 Å². The third-order valence-corrected chi connectivity index (χ3v) is 7.52. The van der Waals surface area contributed by atoms with Crippen LogP contribution in [0, 0.1) is 5.82 Å². The number of para-hydroxylation sites is 1. The first-order valence-electron chi connectivity index (χ1n) is 11.4. The van der Waals surface area contributed by atoms with E-state index in [4.69, 9.17) is 4.52 Å². The summed E-state index contributed by atoms with van der Waals surface area (Å²) >= 11 is 1.84. The van der Waals surface area contributed by atoms with Crippen LogP contribution < -0.4 is 4.90 Å². The zero-order chi connectivity index (χ0) is 22.8. The van der Waals surface area contributed by atoms with Crippen molar-refractivity contribution in [2.24, 2.45) is 0 Å². The second kappa shape index (κ2) is 9.65. The van der Waals surface area contributed by atoms with Crippen molar-refractivity contribution in [1.29, 1.82) is 0 Å². The number of likely N-dealkylation sites (tertiary alicyclic amines) is 1. The number of hydrogen-bond donors (Lipinski definition) is 0. The first-order valence-corrected chi connectivity index (χ1v) is 12.3. The number of halogens is 1. The predicted octanol–water partition coefficient (Wildman–Crippen LogP) is 4.97. The number of fused-ring (bicyclic) bond motifs is 1. The predicted molar refractivity (Wildman–Crippen MR) is 127 cm³/mol. The zero-order valence-electron chi connectivity index (χ0n) is 18.6. The Morgan fingerprint density at radius 1 is 1.18 bits per heavy atom. The summed E-state index contributed by atoms with van der Waals surface area (Å²) in [4.78, 5) is 23.2. The maximum absolute atomic E-state index is 13.5. The molecule has 8 heteroatoms. The molecule has 0 bridgehead atoms. The highest BCUT2D eigenvalue weighted by Gasteiger charge is 2.30. The lowest BCUT2D eigenvalue weighted by Crippen LogP contribution is -2.44. The number of hydrogen-bond acceptors (Lipinski definition) is 6. The Bertz CT molecular complexity index is 1140. The van der Waals surface area contributed by atoms with Crippen LogP contribution in [0.2, 0.25) is 0 Å². The van der Waals surface area contributed by atoms with E-state index in [1.807, 2.05) is 34.9 Å². The van der Waals surface area contributed by atoms with Crippen LogP contribution in [0.3, 0.4) is 0 Å². The van der Waals surface area contributed by atoms with Gasteiger partial charge in [0, 0.05) is 28.8 Å². The monoisotopic (exact) mass is 466 g/mol. The molecular weight excluding hydrogens is 439 g/mol. The summed E-state index contributed by atoms with van der Waals surface area (Å²) < 4.78 is 19.1. The van der Waals surface area contributed by atoms with Crippen LogP contribution in [0.1, 0.15) is 38.0 Å². The van der Waals surface area contributed by atoms with E-state index in [1.54, 1.807) is 12.1 Å². The minimum absolute atomic E-state index is 0.0633. The van der Waals surface area contributed by atoms with Gasteiger partial charge in [-0.2, -0.15) is 4.98 Å². The van der Waals surface area contributed by atoms with Crippen LogP contribution in [0.4, 0.5) is 10.1 Å². The molecule has 1 amide bonds. The molecule has 6 nitrogen and oxygen atoms in total. The topological polar surface area (TPSA) is 62.5 Å². The second-order valence-electron chi connectivity index (χ2n) is 8.77. The molecule has 5 rings (SSSR count). The Morgan fingerprint density at radius 3 is 2.94 bits per heavy atom. The van der Waals surface area contributed by atoms with Crippen molar-refractivity contribution in [3.63, 3.8) is 0 Å². The van der Waals surface area contributed by atoms with E-state index in [0.29, 0.717) is 35.6 Å². The molecule has 0 saturated carbocycles. The molecule has 0 N–H and O–H groups in total. The van der Waals surface area contributed by atoms with Gasteiger partial charge in [0.25, 0.3) is 0 Å². The molecule has 2 unspecified atom stereocenters. The fourth-order valence-corrected chi connectivity index (χ4v) is 5.68. The highest BCUT2D eigenvalue weighted by Crippen LogP contribution is 2.37. The summed E-state index contributed by atoms with van der Waals surface area (Å²) in [5.41, 5.74) is 1.61. The highest BCUT2D eigenvalue weighted by molar-refractivity contribution is 8.00. The average Bonchev–Trinajstić information content (AvgIpc) is 3.24. The minimum atomic E-state index is -0.330. The first kappa shape index (κ1) is 22.1. The lowest BCUT2D eigenvalue weighted by molar-refractivity contribution is -0.120. The van der Waals surface area contributed by atoms with E-state index in [9.17, 15) is 9.18 Å². The van der Waals surface area contributed by atoms with Crippen molar-refractivity contribution >= 4 is 23.4 Å². The molecule has 0 radical (unpaired) electrons. The SMILES string of the molecule is CC1CCN(C(=O)CN2CCCC(c3nc(-c4cccc(F)c4)no3)C2)c2ccccc2S1. The average molecular weight is 467 g/mol. The van der Waals surface area contributed by atoms with Crippen LogP contribution in [0.5, 0.6) is 0 Å². The van der Waals surface area contributed by atoms with E-state index in [1.165, 1.54) is 17.0 Å².